The number of hydrogen-bond acceptors (Lipinski definition) is 5. The molecule has 2 aromatic carbocycles. The van der Waals surface area contributed by atoms with Crippen LogP contribution in [0.15, 0.2) is 64.1 Å². The minimum Gasteiger partial charge on any atom is -0.480 e. The van der Waals surface area contributed by atoms with Crippen LogP contribution in [-0.2, 0) is 11.2 Å². The van der Waals surface area contributed by atoms with Crippen molar-refractivity contribution in [3.8, 4) is 11.3 Å². The van der Waals surface area contributed by atoms with Crippen LogP contribution in [0.1, 0.15) is 5.56 Å². The van der Waals surface area contributed by atoms with E-state index in [9.17, 15) is 9.90 Å². The number of rotatable bonds is 6. The first-order valence-corrected chi connectivity index (χ1v) is 9.25. The summed E-state index contributed by atoms with van der Waals surface area (Å²) in [5, 5.41) is 20.4. The number of azo groups is 1. The van der Waals surface area contributed by atoms with E-state index in [1.54, 1.807) is 23.6 Å². The molecule has 5 nitrogen and oxygen atoms in total. The zero-order valence-corrected chi connectivity index (χ0v) is 15.7. The Morgan fingerprint density at radius 1 is 1.15 bits per heavy atom. The van der Waals surface area contributed by atoms with E-state index in [0.717, 1.165) is 11.1 Å². The van der Waals surface area contributed by atoms with Crippen molar-refractivity contribution in [1.82, 2.24) is 4.98 Å². The van der Waals surface area contributed by atoms with Crippen molar-refractivity contribution < 1.29 is 9.90 Å². The van der Waals surface area contributed by atoms with E-state index in [1.807, 2.05) is 30.3 Å². The van der Waals surface area contributed by atoms with Crippen LogP contribution < -0.4 is 0 Å². The van der Waals surface area contributed by atoms with E-state index in [4.69, 9.17) is 23.2 Å². The lowest BCUT2D eigenvalue weighted by Crippen LogP contribution is -2.20. The van der Waals surface area contributed by atoms with Crippen molar-refractivity contribution in [3.63, 3.8) is 0 Å². The Kier molecular flexibility index (Phi) is 5.98. The van der Waals surface area contributed by atoms with E-state index in [0.29, 0.717) is 20.9 Å². The molecule has 0 radical (unpaired) electrons. The summed E-state index contributed by atoms with van der Waals surface area (Å²) in [6, 6.07) is 13.6. The molecule has 1 aromatic heterocycles. The standard InChI is InChI=1S/C18H13Cl2N3O2S/c19-13-7-6-12(9-14(13)20)16-10-26-18(21-16)23-22-15(17(24)25)8-11-4-2-1-3-5-11/h1-7,9-10,15H,8H2,(H,24,25). The van der Waals surface area contributed by atoms with Gasteiger partial charge in [-0.25, -0.2) is 9.78 Å². The summed E-state index contributed by atoms with van der Waals surface area (Å²) < 4.78 is 0. The van der Waals surface area contributed by atoms with Crippen LogP contribution in [-0.4, -0.2) is 22.1 Å². The molecule has 0 spiro atoms. The molecule has 0 aliphatic rings. The fourth-order valence-electron chi connectivity index (χ4n) is 2.23. The predicted octanol–water partition coefficient (Wildman–Crippen LogP) is 5.90. The Balaban J connectivity index is 1.75. The SMILES string of the molecule is O=C(O)C(Cc1ccccc1)N=Nc1nc(-c2ccc(Cl)c(Cl)c2)cs1. The number of nitrogens with zero attached hydrogens (tertiary/aromatic N) is 3. The summed E-state index contributed by atoms with van der Waals surface area (Å²) in [6.07, 6.45) is 0.269. The van der Waals surface area contributed by atoms with Crippen molar-refractivity contribution in [2.45, 2.75) is 12.5 Å². The highest BCUT2D eigenvalue weighted by atomic mass is 35.5. The number of aromatic nitrogens is 1. The molecular weight excluding hydrogens is 393 g/mol. The number of carboxylic acids is 1. The van der Waals surface area contributed by atoms with Gasteiger partial charge in [0.25, 0.3) is 0 Å². The molecule has 1 N–H and O–H groups in total. The van der Waals surface area contributed by atoms with Crippen LogP contribution in [0.5, 0.6) is 0 Å². The second kappa shape index (κ2) is 8.40. The van der Waals surface area contributed by atoms with Gasteiger partial charge in [0.2, 0.25) is 5.13 Å². The zero-order chi connectivity index (χ0) is 18.5. The molecule has 1 unspecified atom stereocenters. The second-order valence-electron chi connectivity index (χ2n) is 5.40. The number of benzene rings is 2. The van der Waals surface area contributed by atoms with Crippen LogP contribution in [0, 0.1) is 0 Å². The van der Waals surface area contributed by atoms with Crippen LogP contribution in [0.25, 0.3) is 11.3 Å². The first-order chi connectivity index (χ1) is 12.5. The van der Waals surface area contributed by atoms with Gasteiger partial charge in [-0.05, 0) is 17.7 Å². The highest BCUT2D eigenvalue weighted by Crippen LogP contribution is 2.31. The third kappa shape index (κ3) is 4.66. The van der Waals surface area contributed by atoms with Gasteiger partial charge in [0, 0.05) is 17.4 Å². The minimum absolute atomic E-state index is 0.269. The molecule has 0 aliphatic carbocycles. The Labute approximate surface area is 164 Å². The smallest absolute Gasteiger partial charge is 0.330 e. The number of halogens is 2. The Morgan fingerprint density at radius 3 is 2.62 bits per heavy atom. The molecule has 1 heterocycles. The molecule has 1 atom stereocenters. The Hall–Kier alpha value is -2.28. The van der Waals surface area contributed by atoms with Crippen LogP contribution in [0.4, 0.5) is 5.13 Å². The molecular formula is C18H13Cl2N3O2S. The summed E-state index contributed by atoms with van der Waals surface area (Å²) in [5.74, 6) is -1.03. The maximum absolute atomic E-state index is 11.4. The van der Waals surface area contributed by atoms with E-state index in [2.05, 4.69) is 15.2 Å². The molecule has 3 aromatic rings. The molecule has 0 fully saturated rings. The molecule has 132 valence electrons. The molecule has 0 bridgehead atoms. The molecule has 3 rings (SSSR count). The average molecular weight is 406 g/mol. The first kappa shape index (κ1) is 18.5. The second-order valence-corrected chi connectivity index (χ2v) is 7.05. The van der Waals surface area contributed by atoms with Crippen molar-refractivity contribution in [1.29, 1.82) is 0 Å². The lowest BCUT2D eigenvalue weighted by molar-refractivity contribution is -0.138. The summed E-state index contributed by atoms with van der Waals surface area (Å²) in [6.45, 7) is 0. The normalized spacial score (nSPS) is 12.4. The summed E-state index contributed by atoms with van der Waals surface area (Å²) >= 11 is 13.2. The summed E-state index contributed by atoms with van der Waals surface area (Å²) in [7, 11) is 0. The highest BCUT2D eigenvalue weighted by Gasteiger charge is 2.17. The van der Waals surface area contributed by atoms with Crippen molar-refractivity contribution >= 4 is 45.6 Å². The third-order valence-corrected chi connectivity index (χ3v) is 5.01. The number of carboxylic acid groups (broad SMARTS) is 1. The fourth-order valence-corrected chi connectivity index (χ4v) is 3.18. The number of aliphatic carboxylic acids is 1. The van der Waals surface area contributed by atoms with E-state index in [1.165, 1.54) is 11.3 Å². The third-order valence-electron chi connectivity index (χ3n) is 3.55. The van der Waals surface area contributed by atoms with Gasteiger partial charge >= 0.3 is 5.97 Å². The Bertz CT molecular complexity index is 945. The summed E-state index contributed by atoms with van der Waals surface area (Å²) in [5.41, 5.74) is 2.36. The van der Waals surface area contributed by atoms with Crippen molar-refractivity contribution in [2.75, 3.05) is 0 Å². The number of hydrogen-bond donors (Lipinski definition) is 1. The van der Waals surface area contributed by atoms with E-state index < -0.39 is 12.0 Å². The molecule has 0 aliphatic heterocycles. The molecule has 26 heavy (non-hydrogen) atoms. The number of carbonyl (C=O) groups is 1. The lowest BCUT2D eigenvalue weighted by Gasteiger charge is -2.05. The summed E-state index contributed by atoms with van der Waals surface area (Å²) in [4.78, 5) is 15.8. The maximum Gasteiger partial charge on any atom is 0.330 e. The predicted molar refractivity (Wildman–Crippen MR) is 104 cm³/mol. The van der Waals surface area contributed by atoms with Gasteiger partial charge in [-0.3, -0.25) is 0 Å². The zero-order valence-electron chi connectivity index (χ0n) is 13.3. The fraction of sp³-hybridized carbons (Fsp3) is 0.111. The van der Waals surface area contributed by atoms with E-state index in [-0.39, 0.29) is 6.42 Å². The van der Waals surface area contributed by atoms with Crippen molar-refractivity contribution in [2.24, 2.45) is 10.2 Å². The van der Waals surface area contributed by atoms with Crippen LogP contribution in [0.2, 0.25) is 10.0 Å². The Morgan fingerprint density at radius 2 is 1.92 bits per heavy atom. The monoisotopic (exact) mass is 405 g/mol. The van der Waals surface area contributed by atoms with Crippen LogP contribution >= 0.6 is 34.5 Å². The molecule has 0 saturated carbocycles. The maximum atomic E-state index is 11.4. The van der Waals surface area contributed by atoms with Crippen molar-refractivity contribution in [3.05, 3.63) is 69.5 Å². The molecule has 0 saturated heterocycles. The average Bonchev–Trinajstić information content (AvgIpc) is 3.10. The topological polar surface area (TPSA) is 74.9 Å². The first-order valence-electron chi connectivity index (χ1n) is 7.61. The largest absolute Gasteiger partial charge is 0.480 e. The van der Waals surface area contributed by atoms with Crippen LogP contribution in [0.3, 0.4) is 0 Å². The van der Waals surface area contributed by atoms with Gasteiger partial charge in [-0.2, -0.15) is 5.11 Å². The highest BCUT2D eigenvalue weighted by molar-refractivity contribution is 7.13. The van der Waals surface area contributed by atoms with Gasteiger partial charge in [-0.1, -0.05) is 59.6 Å². The minimum atomic E-state index is -1.03. The quantitative estimate of drug-likeness (QED) is 0.518. The lowest BCUT2D eigenvalue weighted by atomic mass is 10.1. The number of thiazole rings is 1. The van der Waals surface area contributed by atoms with Gasteiger partial charge < -0.3 is 5.11 Å². The van der Waals surface area contributed by atoms with E-state index >= 15 is 0 Å². The molecule has 0 amide bonds. The molecule has 8 heteroatoms. The van der Waals surface area contributed by atoms with Gasteiger partial charge in [0.1, 0.15) is 0 Å². The van der Waals surface area contributed by atoms with Gasteiger partial charge in [0.05, 0.1) is 15.7 Å². The van der Waals surface area contributed by atoms with Gasteiger partial charge in [-0.15, -0.1) is 16.5 Å². The van der Waals surface area contributed by atoms with Gasteiger partial charge in [0.15, 0.2) is 6.04 Å².